The monoisotopic (exact) mass is 395 g/mol. The Labute approximate surface area is 167 Å². The van der Waals surface area contributed by atoms with Crippen molar-refractivity contribution < 1.29 is 9.53 Å². The van der Waals surface area contributed by atoms with E-state index < -0.39 is 0 Å². The zero-order chi connectivity index (χ0) is 19.5. The van der Waals surface area contributed by atoms with Crippen LogP contribution in [-0.4, -0.2) is 44.5 Å². The summed E-state index contributed by atoms with van der Waals surface area (Å²) in [6, 6.07) is 15.6. The first kappa shape index (κ1) is 18.5. The number of fused-ring (bicyclic) bond motifs is 1. The van der Waals surface area contributed by atoms with Crippen molar-refractivity contribution in [3.8, 4) is 11.4 Å². The van der Waals surface area contributed by atoms with Crippen LogP contribution in [0.2, 0.25) is 0 Å². The molecule has 2 heterocycles. The summed E-state index contributed by atoms with van der Waals surface area (Å²) < 4.78 is 7.31. The van der Waals surface area contributed by atoms with E-state index in [1.807, 2.05) is 61.2 Å². The summed E-state index contributed by atoms with van der Waals surface area (Å²) in [4.78, 5) is 14.9. The normalized spacial score (nSPS) is 14.0. The number of ether oxygens (including phenoxy) is 1. The Kier molecular flexibility index (Phi) is 5.29. The second kappa shape index (κ2) is 8.02. The molecule has 8 heteroatoms. The number of amides is 1. The lowest BCUT2D eigenvalue weighted by atomic mass is 10.2. The van der Waals surface area contributed by atoms with Crippen LogP contribution in [0.1, 0.15) is 19.4 Å². The summed E-state index contributed by atoms with van der Waals surface area (Å²) >= 11 is 1.35. The summed E-state index contributed by atoms with van der Waals surface area (Å²) in [5.41, 5.74) is 2.97. The zero-order valence-electron chi connectivity index (χ0n) is 15.8. The fraction of sp³-hybridized carbons (Fsp3) is 0.300. The average molecular weight is 395 g/mol. The van der Waals surface area contributed by atoms with E-state index in [1.54, 1.807) is 4.68 Å². The lowest BCUT2D eigenvalue weighted by molar-refractivity contribution is -0.117. The molecular weight excluding hydrogens is 374 g/mol. The van der Waals surface area contributed by atoms with Gasteiger partial charge in [0.15, 0.2) is 0 Å². The minimum Gasteiger partial charge on any atom is -0.492 e. The maximum atomic E-state index is 13.1. The number of para-hydroxylation sites is 3. The Balaban J connectivity index is 1.55. The number of nitrogens with zero attached hydrogens (tertiary/aromatic N) is 5. The standard InChI is InChI=1S/C20H21N5O2S/c1-3-27-18-11-7-6-10-17(18)25-20(21-22-23-25)28-14(2)19(26)24-13-12-15-8-4-5-9-16(15)24/h4-11,14H,3,12-13H2,1-2H3. The van der Waals surface area contributed by atoms with E-state index in [2.05, 4.69) is 21.6 Å². The minimum absolute atomic E-state index is 0.0580. The molecule has 7 nitrogen and oxygen atoms in total. The molecule has 0 spiro atoms. The molecule has 0 bridgehead atoms. The molecule has 0 saturated heterocycles. The third kappa shape index (κ3) is 3.47. The molecule has 28 heavy (non-hydrogen) atoms. The third-order valence-corrected chi connectivity index (χ3v) is 5.64. The fourth-order valence-corrected chi connectivity index (χ4v) is 4.17. The van der Waals surface area contributed by atoms with Gasteiger partial charge in [0.05, 0.1) is 11.9 Å². The highest BCUT2D eigenvalue weighted by Gasteiger charge is 2.29. The van der Waals surface area contributed by atoms with Crippen molar-refractivity contribution in [2.75, 3.05) is 18.1 Å². The van der Waals surface area contributed by atoms with Gasteiger partial charge in [-0.3, -0.25) is 4.79 Å². The van der Waals surface area contributed by atoms with Gasteiger partial charge in [-0.1, -0.05) is 42.1 Å². The number of tetrazole rings is 1. The van der Waals surface area contributed by atoms with Crippen molar-refractivity contribution in [3.63, 3.8) is 0 Å². The van der Waals surface area contributed by atoms with Crippen LogP contribution in [-0.2, 0) is 11.2 Å². The highest BCUT2D eigenvalue weighted by Crippen LogP contribution is 2.32. The van der Waals surface area contributed by atoms with Crippen molar-refractivity contribution >= 4 is 23.4 Å². The molecule has 1 atom stereocenters. The molecular formula is C20H21N5O2S. The van der Waals surface area contributed by atoms with Gasteiger partial charge < -0.3 is 9.64 Å². The van der Waals surface area contributed by atoms with Crippen LogP contribution in [0.5, 0.6) is 5.75 Å². The first-order chi connectivity index (χ1) is 13.7. The molecule has 1 aliphatic heterocycles. The third-order valence-electron chi connectivity index (χ3n) is 4.62. The Bertz CT molecular complexity index is 990. The lowest BCUT2D eigenvalue weighted by Crippen LogP contribution is -2.35. The number of carbonyl (C=O) groups excluding carboxylic acids is 1. The van der Waals surface area contributed by atoms with E-state index in [4.69, 9.17) is 4.74 Å². The number of hydrogen-bond acceptors (Lipinski definition) is 6. The molecule has 144 valence electrons. The smallest absolute Gasteiger partial charge is 0.240 e. The maximum Gasteiger partial charge on any atom is 0.240 e. The van der Waals surface area contributed by atoms with E-state index >= 15 is 0 Å². The minimum atomic E-state index is -0.324. The van der Waals surface area contributed by atoms with E-state index in [0.29, 0.717) is 24.1 Å². The first-order valence-electron chi connectivity index (χ1n) is 9.25. The molecule has 3 aromatic rings. The van der Waals surface area contributed by atoms with Crippen LogP contribution in [0.4, 0.5) is 5.69 Å². The number of carbonyl (C=O) groups is 1. The van der Waals surface area contributed by atoms with Crippen LogP contribution in [0.3, 0.4) is 0 Å². The molecule has 0 aliphatic carbocycles. The lowest BCUT2D eigenvalue weighted by Gasteiger charge is -2.21. The van der Waals surface area contributed by atoms with Gasteiger partial charge in [-0.15, -0.1) is 5.10 Å². The molecule has 1 aliphatic rings. The predicted octanol–water partition coefficient (Wildman–Crippen LogP) is 3.13. The molecule has 2 aromatic carbocycles. The molecule has 1 aromatic heterocycles. The first-order valence-corrected chi connectivity index (χ1v) is 10.1. The van der Waals surface area contributed by atoms with Crippen molar-refractivity contribution in [3.05, 3.63) is 54.1 Å². The summed E-state index contributed by atoms with van der Waals surface area (Å²) in [5, 5.41) is 12.3. The van der Waals surface area contributed by atoms with Gasteiger partial charge in [0, 0.05) is 12.2 Å². The molecule has 1 unspecified atom stereocenters. The Morgan fingerprint density at radius 3 is 2.75 bits per heavy atom. The van der Waals surface area contributed by atoms with Crippen LogP contribution in [0.15, 0.2) is 53.7 Å². The summed E-state index contributed by atoms with van der Waals surface area (Å²) in [7, 11) is 0. The van der Waals surface area contributed by atoms with Crippen LogP contribution < -0.4 is 9.64 Å². The molecule has 0 saturated carbocycles. The summed E-state index contributed by atoms with van der Waals surface area (Å²) in [6.45, 7) is 5.08. The van der Waals surface area contributed by atoms with Gasteiger partial charge in [0.25, 0.3) is 0 Å². The number of anilines is 1. The van der Waals surface area contributed by atoms with Crippen LogP contribution in [0.25, 0.3) is 5.69 Å². The number of benzene rings is 2. The van der Waals surface area contributed by atoms with Gasteiger partial charge in [-0.2, -0.15) is 4.68 Å². The van der Waals surface area contributed by atoms with Crippen molar-refractivity contribution in [1.82, 2.24) is 20.2 Å². The number of thioether (sulfide) groups is 1. The average Bonchev–Trinajstić information content (AvgIpc) is 3.35. The Hall–Kier alpha value is -2.87. The second-order valence-corrected chi connectivity index (χ2v) is 7.71. The molecule has 4 rings (SSSR count). The quantitative estimate of drug-likeness (QED) is 0.597. The summed E-state index contributed by atoms with van der Waals surface area (Å²) in [6.07, 6.45) is 0.888. The number of hydrogen-bond donors (Lipinski definition) is 0. The van der Waals surface area contributed by atoms with E-state index in [0.717, 1.165) is 17.8 Å². The zero-order valence-corrected chi connectivity index (χ0v) is 16.6. The van der Waals surface area contributed by atoms with Crippen LogP contribution >= 0.6 is 11.8 Å². The van der Waals surface area contributed by atoms with Gasteiger partial charge in [-0.05, 0) is 54.5 Å². The second-order valence-electron chi connectivity index (χ2n) is 6.40. The largest absolute Gasteiger partial charge is 0.492 e. The Morgan fingerprint density at radius 2 is 1.93 bits per heavy atom. The predicted molar refractivity (Wildman–Crippen MR) is 108 cm³/mol. The number of rotatable bonds is 6. The van der Waals surface area contributed by atoms with Gasteiger partial charge >= 0.3 is 0 Å². The van der Waals surface area contributed by atoms with Gasteiger partial charge in [-0.25, -0.2) is 0 Å². The van der Waals surface area contributed by atoms with E-state index in [9.17, 15) is 4.79 Å². The van der Waals surface area contributed by atoms with Crippen molar-refractivity contribution in [2.24, 2.45) is 0 Å². The van der Waals surface area contributed by atoms with Gasteiger partial charge in [0.2, 0.25) is 11.1 Å². The topological polar surface area (TPSA) is 73.1 Å². The van der Waals surface area contributed by atoms with Crippen molar-refractivity contribution in [2.45, 2.75) is 30.7 Å². The maximum absolute atomic E-state index is 13.1. The van der Waals surface area contributed by atoms with E-state index in [1.165, 1.54) is 17.3 Å². The van der Waals surface area contributed by atoms with E-state index in [-0.39, 0.29) is 11.2 Å². The Morgan fingerprint density at radius 1 is 1.18 bits per heavy atom. The molecule has 0 fully saturated rings. The highest BCUT2D eigenvalue weighted by atomic mass is 32.2. The van der Waals surface area contributed by atoms with Crippen LogP contribution in [0, 0.1) is 0 Å². The van der Waals surface area contributed by atoms with Crippen molar-refractivity contribution in [1.29, 1.82) is 0 Å². The number of aromatic nitrogens is 4. The summed E-state index contributed by atoms with van der Waals surface area (Å²) in [5.74, 6) is 0.759. The van der Waals surface area contributed by atoms with Gasteiger partial charge in [0.1, 0.15) is 11.4 Å². The highest BCUT2D eigenvalue weighted by molar-refractivity contribution is 8.00. The molecule has 1 amide bonds. The molecule has 0 radical (unpaired) electrons. The molecule has 0 N–H and O–H groups in total. The SMILES string of the molecule is CCOc1ccccc1-n1nnnc1SC(C)C(=O)N1CCc2ccccc21. The fourth-order valence-electron chi connectivity index (χ4n) is 3.31.